The maximum Gasteiger partial charge on any atom is 0.337 e. The SMILES string of the molecule is CCc1ccccc1Nc1cc(C(=O)Nc2ccc(C(=O)OC)cc2)ncn1. The second-order valence-electron chi connectivity index (χ2n) is 5.95. The van der Waals surface area contributed by atoms with Crippen molar-refractivity contribution in [3.63, 3.8) is 0 Å². The Morgan fingerprint density at radius 1 is 1.04 bits per heavy atom. The summed E-state index contributed by atoms with van der Waals surface area (Å²) in [5.74, 6) is -0.279. The number of carbonyl (C=O) groups excluding carboxylic acids is 2. The van der Waals surface area contributed by atoms with Gasteiger partial charge in [-0.15, -0.1) is 0 Å². The Hall–Kier alpha value is -3.74. The minimum absolute atomic E-state index is 0.225. The molecule has 1 heterocycles. The van der Waals surface area contributed by atoms with Crippen LogP contribution in [0.25, 0.3) is 0 Å². The maximum atomic E-state index is 12.5. The van der Waals surface area contributed by atoms with Gasteiger partial charge in [0.15, 0.2) is 0 Å². The summed E-state index contributed by atoms with van der Waals surface area (Å²) in [6, 6.07) is 15.9. The van der Waals surface area contributed by atoms with Gasteiger partial charge in [-0.05, 0) is 42.3 Å². The van der Waals surface area contributed by atoms with Gasteiger partial charge in [-0.1, -0.05) is 25.1 Å². The Morgan fingerprint density at radius 2 is 1.79 bits per heavy atom. The summed E-state index contributed by atoms with van der Waals surface area (Å²) >= 11 is 0. The molecular weight excluding hydrogens is 356 g/mol. The van der Waals surface area contributed by atoms with Crippen molar-refractivity contribution >= 4 is 29.1 Å². The molecule has 0 bridgehead atoms. The molecule has 142 valence electrons. The van der Waals surface area contributed by atoms with Crippen LogP contribution in [0, 0.1) is 0 Å². The maximum absolute atomic E-state index is 12.5. The van der Waals surface area contributed by atoms with E-state index in [4.69, 9.17) is 0 Å². The fraction of sp³-hybridized carbons (Fsp3) is 0.143. The number of nitrogens with zero attached hydrogens (tertiary/aromatic N) is 2. The van der Waals surface area contributed by atoms with Crippen LogP contribution in [0.15, 0.2) is 60.9 Å². The van der Waals surface area contributed by atoms with Gasteiger partial charge < -0.3 is 15.4 Å². The van der Waals surface area contributed by atoms with Crippen molar-refractivity contribution in [2.45, 2.75) is 13.3 Å². The fourth-order valence-electron chi connectivity index (χ4n) is 2.64. The number of rotatable bonds is 6. The van der Waals surface area contributed by atoms with Gasteiger partial charge in [-0.2, -0.15) is 0 Å². The first-order valence-electron chi connectivity index (χ1n) is 8.77. The number of anilines is 3. The summed E-state index contributed by atoms with van der Waals surface area (Å²) in [6.07, 6.45) is 2.22. The lowest BCUT2D eigenvalue weighted by molar-refractivity contribution is 0.0600. The molecule has 0 saturated carbocycles. The van der Waals surface area contributed by atoms with Crippen LogP contribution in [0.1, 0.15) is 33.3 Å². The number of ether oxygens (including phenoxy) is 1. The van der Waals surface area contributed by atoms with Crippen molar-refractivity contribution in [1.29, 1.82) is 0 Å². The van der Waals surface area contributed by atoms with Crippen LogP contribution in [0.3, 0.4) is 0 Å². The summed E-state index contributed by atoms with van der Waals surface area (Å²) < 4.78 is 4.65. The van der Waals surface area contributed by atoms with Gasteiger partial charge >= 0.3 is 5.97 Å². The number of aromatic nitrogens is 2. The van der Waals surface area contributed by atoms with Crippen LogP contribution < -0.4 is 10.6 Å². The first-order chi connectivity index (χ1) is 13.6. The molecule has 7 heteroatoms. The van der Waals surface area contributed by atoms with E-state index in [1.165, 1.54) is 13.4 Å². The molecule has 7 nitrogen and oxygen atoms in total. The van der Waals surface area contributed by atoms with Crippen LogP contribution in [-0.4, -0.2) is 29.0 Å². The number of benzene rings is 2. The highest BCUT2D eigenvalue weighted by atomic mass is 16.5. The number of para-hydroxylation sites is 1. The molecule has 0 saturated heterocycles. The number of esters is 1. The van der Waals surface area contributed by atoms with Crippen LogP contribution >= 0.6 is 0 Å². The number of nitrogens with one attached hydrogen (secondary N) is 2. The third-order valence-electron chi connectivity index (χ3n) is 4.12. The summed E-state index contributed by atoms with van der Waals surface area (Å²) in [7, 11) is 1.32. The lowest BCUT2D eigenvalue weighted by atomic mass is 10.1. The van der Waals surface area contributed by atoms with Crippen molar-refractivity contribution in [3.05, 3.63) is 77.7 Å². The highest BCUT2D eigenvalue weighted by molar-refractivity contribution is 6.03. The standard InChI is InChI=1S/C21H20N4O3/c1-3-14-6-4-5-7-17(14)25-19-12-18(22-13-23-19)20(26)24-16-10-8-15(9-11-16)21(27)28-2/h4-13H,3H2,1-2H3,(H,24,26)(H,22,23,25). The minimum Gasteiger partial charge on any atom is -0.465 e. The van der Waals surface area contributed by atoms with Gasteiger partial charge in [0, 0.05) is 17.4 Å². The molecule has 0 spiro atoms. The van der Waals surface area contributed by atoms with E-state index >= 15 is 0 Å². The molecule has 0 atom stereocenters. The molecule has 0 aliphatic heterocycles. The lowest BCUT2D eigenvalue weighted by Crippen LogP contribution is -2.14. The molecule has 3 rings (SSSR count). The second-order valence-corrected chi connectivity index (χ2v) is 5.95. The molecule has 28 heavy (non-hydrogen) atoms. The Labute approximate surface area is 162 Å². The van der Waals surface area contributed by atoms with E-state index < -0.39 is 5.97 Å². The third kappa shape index (κ3) is 4.50. The number of amides is 1. The normalized spacial score (nSPS) is 10.2. The summed E-state index contributed by atoms with van der Waals surface area (Å²) in [4.78, 5) is 32.2. The lowest BCUT2D eigenvalue weighted by Gasteiger charge is -2.11. The Kier molecular flexibility index (Phi) is 5.96. The van der Waals surface area contributed by atoms with Gasteiger partial charge in [0.25, 0.3) is 5.91 Å². The molecule has 0 unspecified atom stereocenters. The number of carbonyl (C=O) groups is 2. The molecule has 2 aromatic carbocycles. The minimum atomic E-state index is -0.434. The molecule has 1 aromatic heterocycles. The van der Waals surface area contributed by atoms with E-state index in [0.717, 1.165) is 17.7 Å². The number of aryl methyl sites for hydroxylation is 1. The predicted molar refractivity (Wildman–Crippen MR) is 107 cm³/mol. The second kappa shape index (κ2) is 8.77. The van der Waals surface area contributed by atoms with Crippen molar-refractivity contribution in [2.24, 2.45) is 0 Å². The van der Waals surface area contributed by atoms with Gasteiger partial charge in [0.2, 0.25) is 0 Å². The van der Waals surface area contributed by atoms with E-state index in [1.807, 2.05) is 24.3 Å². The van der Waals surface area contributed by atoms with Crippen molar-refractivity contribution < 1.29 is 14.3 Å². The summed E-state index contributed by atoms with van der Waals surface area (Å²) in [5, 5.41) is 5.97. The molecule has 0 fully saturated rings. The first kappa shape index (κ1) is 19.0. The van der Waals surface area contributed by atoms with Crippen molar-refractivity contribution in [1.82, 2.24) is 9.97 Å². The number of hydrogen-bond donors (Lipinski definition) is 2. The van der Waals surface area contributed by atoms with Crippen LogP contribution in [0.4, 0.5) is 17.2 Å². The van der Waals surface area contributed by atoms with Crippen molar-refractivity contribution in [2.75, 3.05) is 17.7 Å². The average Bonchev–Trinajstić information content (AvgIpc) is 2.74. The van der Waals surface area contributed by atoms with E-state index in [9.17, 15) is 9.59 Å². The predicted octanol–water partition coefficient (Wildman–Crippen LogP) is 3.82. The van der Waals surface area contributed by atoms with Gasteiger partial charge in [-0.25, -0.2) is 14.8 Å². The zero-order valence-electron chi connectivity index (χ0n) is 15.6. The van der Waals surface area contributed by atoms with E-state index in [1.54, 1.807) is 30.3 Å². The fourth-order valence-corrected chi connectivity index (χ4v) is 2.64. The Balaban J connectivity index is 1.72. The van der Waals surface area contributed by atoms with E-state index in [0.29, 0.717) is 17.1 Å². The van der Waals surface area contributed by atoms with Gasteiger partial charge in [0.1, 0.15) is 17.8 Å². The molecule has 1 amide bonds. The van der Waals surface area contributed by atoms with Gasteiger partial charge in [-0.3, -0.25) is 4.79 Å². The molecule has 3 aromatic rings. The zero-order valence-corrected chi connectivity index (χ0v) is 15.6. The number of methoxy groups -OCH3 is 1. The van der Waals surface area contributed by atoms with Crippen molar-refractivity contribution in [3.8, 4) is 0 Å². The highest BCUT2D eigenvalue weighted by Gasteiger charge is 2.11. The Morgan fingerprint density at radius 3 is 2.50 bits per heavy atom. The third-order valence-corrected chi connectivity index (χ3v) is 4.12. The molecule has 0 aliphatic carbocycles. The average molecular weight is 376 g/mol. The molecule has 0 aliphatic rings. The van der Waals surface area contributed by atoms with E-state index in [2.05, 4.69) is 32.3 Å². The van der Waals surface area contributed by atoms with Crippen LogP contribution in [0.2, 0.25) is 0 Å². The van der Waals surface area contributed by atoms with Crippen LogP contribution in [0.5, 0.6) is 0 Å². The molecule has 0 radical (unpaired) electrons. The molecule has 2 N–H and O–H groups in total. The zero-order chi connectivity index (χ0) is 19.9. The quantitative estimate of drug-likeness (QED) is 0.635. The van der Waals surface area contributed by atoms with Crippen LogP contribution in [-0.2, 0) is 11.2 Å². The first-order valence-corrected chi connectivity index (χ1v) is 8.77. The highest BCUT2D eigenvalue weighted by Crippen LogP contribution is 2.20. The van der Waals surface area contributed by atoms with Gasteiger partial charge in [0.05, 0.1) is 12.7 Å². The Bertz CT molecular complexity index is 987. The smallest absolute Gasteiger partial charge is 0.337 e. The summed E-state index contributed by atoms with van der Waals surface area (Å²) in [5.41, 5.74) is 3.26. The monoisotopic (exact) mass is 376 g/mol. The largest absolute Gasteiger partial charge is 0.465 e. The topological polar surface area (TPSA) is 93.2 Å². The number of hydrogen-bond acceptors (Lipinski definition) is 6. The summed E-state index contributed by atoms with van der Waals surface area (Å²) in [6.45, 7) is 2.07. The molecular formula is C21H20N4O3. The van der Waals surface area contributed by atoms with E-state index in [-0.39, 0.29) is 11.6 Å².